The van der Waals surface area contributed by atoms with Crippen LogP contribution in [0.1, 0.15) is 39.5 Å². The maximum absolute atomic E-state index is 11.7. The van der Waals surface area contributed by atoms with E-state index in [1.165, 1.54) is 11.8 Å². The second-order valence-corrected chi connectivity index (χ2v) is 7.67. The van der Waals surface area contributed by atoms with E-state index in [0.717, 1.165) is 35.1 Å². The molecule has 1 aromatic rings. The number of carboxylic acids is 1. The van der Waals surface area contributed by atoms with Crippen molar-refractivity contribution in [2.75, 3.05) is 0 Å². The molecule has 0 spiro atoms. The number of hydrogen-bond acceptors (Lipinski definition) is 2. The van der Waals surface area contributed by atoms with Gasteiger partial charge in [-0.3, -0.25) is 4.79 Å². The van der Waals surface area contributed by atoms with Crippen LogP contribution in [-0.2, 0) is 4.79 Å². The van der Waals surface area contributed by atoms with Crippen LogP contribution in [0, 0.1) is 5.41 Å². The van der Waals surface area contributed by atoms with E-state index in [-0.39, 0.29) is 5.41 Å². The molecule has 0 aromatic heterocycles. The standard InChI is InChI=1S/C15H19BrO2S/c1-3-14(4-2)9-15(10-14,13(17)18)19-12-8-6-5-7-11(12)16/h5-8H,3-4,9-10H2,1-2H3,(H,17,18). The van der Waals surface area contributed by atoms with Crippen molar-refractivity contribution in [2.24, 2.45) is 5.41 Å². The molecular formula is C15H19BrO2S. The Bertz CT molecular complexity index is 475. The number of benzene rings is 1. The summed E-state index contributed by atoms with van der Waals surface area (Å²) in [6.45, 7) is 4.33. The first kappa shape index (κ1) is 14.9. The van der Waals surface area contributed by atoms with E-state index in [4.69, 9.17) is 0 Å². The maximum atomic E-state index is 11.7. The van der Waals surface area contributed by atoms with Gasteiger partial charge in [-0.15, -0.1) is 11.8 Å². The highest BCUT2D eigenvalue weighted by Crippen LogP contribution is 2.61. The molecule has 1 saturated carbocycles. The molecule has 1 N–H and O–H groups in total. The lowest BCUT2D eigenvalue weighted by molar-refractivity contribution is -0.147. The van der Waals surface area contributed by atoms with Gasteiger partial charge < -0.3 is 5.11 Å². The van der Waals surface area contributed by atoms with Crippen LogP contribution >= 0.6 is 27.7 Å². The molecule has 1 aliphatic rings. The minimum Gasteiger partial charge on any atom is -0.480 e. The van der Waals surface area contributed by atoms with Gasteiger partial charge in [0, 0.05) is 9.37 Å². The lowest BCUT2D eigenvalue weighted by Crippen LogP contribution is -2.54. The smallest absolute Gasteiger partial charge is 0.320 e. The van der Waals surface area contributed by atoms with Gasteiger partial charge in [-0.1, -0.05) is 38.8 Å². The van der Waals surface area contributed by atoms with Crippen LogP contribution in [-0.4, -0.2) is 15.8 Å². The maximum Gasteiger partial charge on any atom is 0.320 e. The van der Waals surface area contributed by atoms with Gasteiger partial charge in [-0.05, 0) is 46.3 Å². The summed E-state index contributed by atoms with van der Waals surface area (Å²) in [7, 11) is 0. The van der Waals surface area contributed by atoms with Crippen molar-refractivity contribution in [1.29, 1.82) is 0 Å². The summed E-state index contributed by atoms with van der Waals surface area (Å²) >= 11 is 5.00. The summed E-state index contributed by atoms with van der Waals surface area (Å²) in [5.41, 5.74) is 0.229. The molecule has 2 nitrogen and oxygen atoms in total. The molecule has 0 aliphatic heterocycles. The predicted molar refractivity (Wildman–Crippen MR) is 82.6 cm³/mol. The van der Waals surface area contributed by atoms with E-state index in [1.807, 2.05) is 24.3 Å². The first-order valence-corrected chi connectivity index (χ1v) is 8.25. The van der Waals surface area contributed by atoms with Crippen molar-refractivity contribution in [3.05, 3.63) is 28.7 Å². The fourth-order valence-corrected chi connectivity index (χ4v) is 5.02. The Hall–Kier alpha value is -0.480. The topological polar surface area (TPSA) is 37.3 Å². The number of aliphatic carboxylic acids is 1. The first-order chi connectivity index (χ1) is 8.97. The number of thioether (sulfide) groups is 1. The summed E-state index contributed by atoms with van der Waals surface area (Å²) in [4.78, 5) is 12.7. The van der Waals surface area contributed by atoms with Crippen LogP contribution in [0.3, 0.4) is 0 Å². The highest BCUT2D eigenvalue weighted by molar-refractivity contribution is 9.10. The summed E-state index contributed by atoms with van der Waals surface area (Å²) in [5.74, 6) is -0.675. The van der Waals surface area contributed by atoms with Gasteiger partial charge in [0.2, 0.25) is 0 Å². The summed E-state index contributed by atoms with van der Waals surface area (Å²) < 4.78 is 0.335. The average Bonchev–Trinajstić information content (AvgIpc) is 2.35. The molecule has 1 aromatic carbocycles. The Balaban J connectivity index is 2.21. The van der Waals surface area contributed by atoms with Gasteiger partial charge in [0.15, 0.2) is 0 Å². The third kappa shape index (κ3) is 2.70. The van der Waals surface area contributed by atoms with E-state index < -0.39 is 10.7 Å². The summed E-state index contributed by atoms with van der Waals surface area (Å²) in [6, 6.07) is 7.85. The molecule has 0 unspecified atom stereocenters. The van der Waals surface area contributed by atoms with Crippen LogP contribution in [0.2, 0.25) is 0 Å². The zero-order valence-electron chi connectivity index (χ0n) is 11.3. The quantitative estimate of drug-likeness (QED) is 0.821. The second kappa shape index (κ2) is 5.49. The van der Waals surface area contributed by atoms with Crippen molar-refractivity contribution >= 4 is 33.7 Å². The van der Waals surface area contributed by atoms with Gasteiger partial charge in [0.05, 0.1) is 0 Å². The van der Waals surface area contributed by atoms with E-state index in [2.05, 4.69) is 29.8 Å². The number of rotatable bonds is 5. The van der Waals surface area contributed by atoms with Gasteiger partial charge in [0.25, 0.3) is 0 Å². The number of carbonyl (C=O) groups is 1. The van der Waals surface area contributed by atoms with Crippen LogP contribution in [0.4, 0.5) is 0 Å². The van der Waals surface area contributed by atoms with Crippen molar-refractivity contribution < 1.29 is 9.90 Å². The van der Waals surface area contributed by atoms with E-state index in [0.29, 0.717) is 0 Å². The first-order valence-electron chi connectivity index (χ1n) is 6.64. The van der Waals surface area contributed by atoms with Gasteiger partial charge in [-0.25, -0.2) is 0 Å². The normalized spacial score (nSPS) is 19.7. The highest BCUT2D eigenvalue weighted by atomic mass is 79.9. The third-order valence-corrected chi connectivity index (χ3v) is 6.74. The fourth-order valence-electron chi connectivity index (χ4n) is 2.91. The zero-order chi connectivity index (χ0) is 14.1. The average molecular weight is 343 g/mol. The molecular weight excluding hydrogens is 324 g/mol. The van der Waals surface area contributed by atoms with E-state index >= 15 is 0 Å². The molecule has 1 aliphatic carbocycles. The Morgan fingerprint density at radius 2 is 1.89 bits per heavy atom. The number of hydrogen-bond donors (Lipinski definition) is 1. The Kier molecular flexibility index (Phi) is 4.31. The lowest BCUT2D eigenvalue weighted by Gasteiger charge is -2.53. The minimum absolute atomic E-state index is 0.229. The monoisotopic (exact) mass is 342 g/mol. The van der Waals surface area contributed by atoms with Gasteiger partial charge >= 0.3 is 5.97 Å². The molecule has 2 rings (SSSR count). The summed E-state index contributed by atoms with van der Waals surface area (Å²) in [5, 5.41) is 9.62. The number of carboxylic acid groups (broad SMARTS) is 1. The molecule has 0 amide bonds. The second-order valence-electron chi connectivity index (χ2n) is 5.39. The van der Waals surface area contributed by atoms with E-state index in [1.54, 1.807) is 0 Å². The minimum atomic E-state index is -0.675. The SMILES string of the molecule is CCC1(CC)CC(Sc2ccccc2Br)(C(=O)O)C1. The molecule has 0 radical (unpaired) electrons. The Morgan fingerprint density at radius 1 is 1.32 bits per heavy atom. The molecule has 0 saturated heterocycles. The summed E-state index contributed by atoms with van der Waals surface area (Å²) in [6.07, 6.45) is 3.67. The molecule has 0 heterocycles. The number of halogens is 1. The third-order valence-electron chi connectivity index (χ3n) is 4.35. The van der Waals surface area contributed by atoms with Crippen molar-refractivity contribution in [3.63, 3.8) is 0 Å². The van der Waals surface area contributed by atoms with Crippen LogP contribution in [0.25, 0.3) is 0 Å². The lowest BCUT2D eigenvalue weighted by atomic mass is 9.58. The zero-order valence-corrected chi connectivity index (χ0v) is 13.7. The van der Waals surface area contributed by atoms with Crippen molar-refractivity contribution in [2.45, 2.75) is 49.2 Å². The molecule has 0 atom stereocenters. The largest absolute Gasteiger partial charge is 0.480 e. The molecule has 0 bridgehead atoms. The van der Waals surface area contributed by atoms with Crippen LogP contribution in [0.15, 0.2) is 33.6 Å². The van der Waals surface area contributed by atoms with Gasteiger partial charge in [0.1, 0.15) is 4.75 Å². The Morgan fingerprint density at radius 3 is 2.37 bits per heavy atom. The van der Waals surface area contributed by atoms with Gasteiger partial charge in [-0.2, -0.15) is 0 Å². The molecule has 1 fully saturated rings. The van der Waals surface area contributed by atoms with Crippen molar-refractivity contribution in [1.82, 2.24) is 0 Å². The van der Waals surface area contributed by atoms with E-state index in [9.17, 15) is 9.90 Å². The molecule has 104 valence electrons. The Labute approximate surface area is 127 Å². The van der Waals surface area contributed by atoms with Crippen LogP contribution < -0.4 is 0 Å². The highest BCUT2D eigenvalue weighted by Gasteiger charge is 2.58. The molecule has 4 heteroatoms. The van der Waals surface area contributed by atoms with Crippen molar-refractivity contribution in [3.8, 4) is 0 Å². The van der Waals surface area contributed by atoms with Crippen LogP contribution in [0.5, 0.6) is 0 Å². The predicted octanol–water partition coefficient (Wildman–Crippen LogP) is 4.96. The molecule has 19 heavy (non-hydrogen) atoms. The fraction of sp³-hybridized carbons (Fsp3) is 0.533.